The highest BCUT2D eigenvalue weighted by Crippen LogP contribution is 2.18. The fourth-order valence-corrected chi connectivity index (χ4v) is 1.20. The molecule has 1 N–H and O–H groups in total. The summed E-state index contributed by atoms with van der Waals surface area (Å²) in [6.45, 7) is 0.216. The molecule has 3 heteroatoms. The van der Waals surface area contributed by atoms with Crippen LogP contribution in [0.3, 0.4) is 0 Å². The van der Waals surface area contributed by atoms with Gasteiger partial charge in [-0.3, -0.25) is 0 Å². The maximum Gasteiger partial charge on any atom is 0.268 e. The van der Waals surface area contributed by atoms with Gasteiger partial charge in [0.05, 0.1) is 6.10 Å². The van der Waals surface area contributed by atoms with E-state index in [1.807, 2.05) is 0 Å². The summed E-state index contributed by atoms with van der Waals surface area (Å²) in [5, 5.41) is 17.5. The third-order valence-corrected chi connectivity index (χ3v) is 1.88. The zero-order valence-corrected chi connectivity index (χ0v) is 5.38. The fraction of sp³-hybridized carbons (Fsp3) is 0.833. The molecule has 0 spiro atoms. The van der Waals surface area contributed by atoms with Crippen molar-refractivity contribution in [2.24, 2.45) is 0 Å². The van der Waals surface area contributed by atoms with Gasteiger partial charge in [-0.25, -0.2) is 5.26 Å². The summed E-state index contributed by atoms with van der Waals surface area (Å²) in [4.78, 5) is 0. The highest BCUT2D eigenvalue weighted by molar-refractivity contribution is 6.67. The van der Waals surface area contributed by atoms with Gasteiger partial charge in [0, 0.05) is 5.97 Å². The van der Waals surface area contributed by atoms with Crippen LogP contribution in [0.5, 0.6) is 0 Å². The molecule has 0 unspecified atom stereocenters. The van der Waals surface area contributed by atoms with Gasteiger partial charge in [-0.1, -0.05) is 12.6 Å². The molecule has 1 fully saturated rings. The standard InChI is InChI=1S/C6H10BNO/c8-5-7-3-1-6(9)2-4-7/h6,9H,1-4H2. The molecular formula is C6H10BNO. The SMILES string of the molecule is N#CB1CCC(O)CC1. The molecular weight excluding hydrogens is 113 g/mol. The largest absolute Gasteiger partial charge is 0.393 e. The van der Waals surface area contributed by atoms with Crippen molar-refractivity contribution in [3.05, 3.63) is 0 Å². The van der Waals surface area contributed by atoms with Gasteiger partial charge < -0.3 is 5.11 Å². The van der Waals surface area contributed by atoms with Crippen molar-refractivity contribution < 1.29 is 5.11 Å². The fourth-order valence-electron chi connectivity index (χ4n) is 1.20. The maximum atomic E-state index is 9.01. The number of aliphatic hydroxyl groups excluding tert-OH is 1. The topological polar surface area (TPSA) is 44.0 Å². The number of hydrogen-bond donors (Lipinski definition) is 1. The van der Waals surface area contributed by atoms with Gasteiger partial charge in [-0.2, -0.15) is 0 Å². The van der Waals surface area contributed by atoms with Gasteiger partial charge in [-0.05, 0) is 12.8 Å². The normalized spacial score (nSPS) is 21.6. The van der Waals surface area contributed by atoms with Crippen molar-refractivity contribution in [3.8, 4) is 5.97 Å². The first-order valence-corrected chi connectivity index (χ1v) is 3.40. The summed E-state index contributed by atoms with van der Waals surface area (Å²) < 4.78 is 0. The minimum absolute atomic E-state index is 0.130. The van der Waals surface area contributed by atoms with Crippen LogP contribution in [0.1, 0.15) is 12.8 Å². The molecule has 0 aliphatic carbocycles. The molecule has 2 nitrogen and oxygen atoms in total. The molecule has 0 saturated carbocycles. The number of nitriles is 1. The number of rotatable bonds is 0. The predicted molar refractivity (Wildman–Crippen MR) is 36.2 cm³/mol. The first kappa shape index (κ1) is 6.63. The van der Waals surface area contributed by atoms with Gasteiger partial charge in [0.15, 0.2) is 0 Å². The average Bonchev–Trinajstić information content (AvgIpc) is 1.90. The van der Waals surface area contributed by atoms with Crippen molar-refractivity contribution in [1.82, 2.24) is 0 Å². The van der Waals surface area contributed by atoms with Gasteiger partial charge >= 0.3 is 0 Å². The summed E-state index contributed by atoms with van der Waals surface area (Å²) in [6.07, 6.45) is 3.28. The Bertz CT molecular complexity index is 124. The summed E-state index contributed by atoms with van der Waals surface area (Å²) in [6, 6.07) is 0. The second-order valence-electron chi connectivity index (χ2n) is 2.63. The van der Waals surface area contributed by atoms with E-state index in [4.69, 9.17) is 10.4 Å². The third-order valence-electron chi connectivity index (χ3n) is 1.88. The molecule has 0 aromatic heterocycles. The Labute approximate surface area is 55.6 Å². The average molecular weight is 123 g/mol. The molecule has 0 bridgehead atoms. The molecule has 1 aliphatic heterocycles. The van der Waals surface area contributed by atoms with Gasteiger partial charge in [0.25, 0.3) is 6.71 Å². The van der Waals surface area contributed by atoms with Crippen LogP contribution in [-0.2, 0) is 0 Å². The van der Waals surface area contributed by atoms with E-state index >= 15 is 0 Å². The summed E-state index contributed by atoms with van der Waals surface area (Å²) >= 11 is 0. The highest BCUT2D eigenvalue weighted by Gasteiger charge is 2.21. The molecule has 1 saturated heterocycles. The van der Waals surface area contributed by atoms with Crippen molar-refractivity contribution >= 4 is 6.71 Å². The molecule has 1 heterocycles. The Morgan fingerprint density at radius 3 is 2.44 bits per heavy atom. The second kappa shape index (κ2) is 2.88. The quantitative estimate of drug-likeness (QED) is 0.481. The number of hydrogen-bond acceptors (Lipinski definition) is 2. The molecule has 9 heavy (non-hydrogen) atoms. The van der Waals surface area contributed by atoms with E-state index in [2.05, 4.69) is 5.97 Å². The third kappa shape index (κ3) is 1.72. The van der Waals surface area contributed by atoms with Crippen LogP contribution >= 0.6 is 0 Å². The van der Waals surface area contributed by atoms with E-state index in [0.717, 1.165) is 25.5 Å². The molecule has 0 aromatic rings. The van der Waals surface area contributed by atoms with Crippen LogP contribution in [0.25, 0.3) is 0 Å². The summed E-state index contributed by atoms with van der Waals surface area (Å²) in [7, 11) is 0. The zero-order chi connectivity index (χ0) is 6.69. The van der Waals surface area contributed by atoms with Gasteiger partial charge in [-0.15, -0.1) is 0 Å². The molecule has 0 atom stereocenters. The second-order valence-corrected chi connectivity index (χ2v) is 2.63. The smallest absolute Gasteiger partial charge is 0.268 e. The first-order chi connectivity index (χ1) is 4.33. The van der Waals surface area contributed by atoms with Crippen LogP contribution in [-0.4, -0.2) is 17.9 Å². The molecule has 0 amide bonds. The van der Waals surface area contributed by atoms with Gasteiger partial charge in [0.1, 0.15) is 0 Å². The van der Waals surface area contributed by atoms with Crippen LogP contribution in [0, 0.1) is 11.2 Å². The van der Waals surface area contributed by atoms with Crippen molar-refractivity contribution in [2.75, 3.05) is 0 Å². The number of nitrogens with zero attached hydrogens (tertiary/aromatic N) is 1. The lowest BCUT2D eigenvalue weighted by Gasteiger charge is -2.17. The lowest BCUT2D eigenvalue weighted by Crippen LogP contribution is -2.22. The Kier molecular flexibility index (Phi) is 2.13. The zero-order valence-electron chi connectivity index (χ0n) is 5.38. The summed E-state index contributed by atoms with van der Waals surface area (Å²) in [5.41, 5.74) is 0. The minimum atomic E-state index is -0.130. The van der Waals surface area contributed by atoms with Crippen LogP contribution in [0.4, 0.5) is 0 Å². The van der Waals surface area contributed by atoms with Crippen molar-refractivity contribution in [1.29, 1.82) is 5.26 Å². The molecule has 48 valence electrons. The highest BCUT2D eigenvalue weighted by atomic mass is 16.3. The Hall–Kier alpha value is -0.485. The lowest BCUT2D eigenvalue weighted by atomic mass is 9.43. The number of aliphatic hydroxyl groups is 1. The first-order valence-electron chi connectivity index (χ1n) is 3.40. The van der Waals surface area contributed by atoms with Gasteiger partial charge in [0.2, 0.25) is 0 Å². The Morgan fingerprint density at radius 1 is 1.44 bits per heavy atom. The molecule has 0 aromatic carbocycles. The van der Waals surface area contributed by atoms with E-state index in [0.29, 0.717) is 0 Å². The lowest BCUT2D eigenvalue weighted by molar-refractivity contribution is 0.161. The van der Waals surface area contributed by atoms with Crippen LogP contribution < -0.4 is 0 Å². The molecule has 0 radical (unpaired) electrons. The molecule has 1 aliphatic rings. The summed E-state index contributed by atoms with van der Waals surface area (Å²) in [5.74, 6) is 2.21. The minimum Gasteiger partial charge on any atom is -0.393 e. The van der Waals surface area contributed by atoms with E-state index in [-0.39, 0.29) is 12.8 Å². The van der Waals surface area contributed by atoms with E-state index in [9.17, 15) is 0 Å². The van der Waals surface area contributed by atoms with Crippen LogP contribution in [0.15, 0.2) is 0 Å². The van der Waals surface area contributed by atoms with Crippen molar-refractivity contribution in [2.45, 2.75) is 31.6 Å². The molecule has 1 rings (SSSR count). The van der Waals surface area contributed by atoms with E-state index < -0.39 is 0 Å². The van der Waals surface area contributed by atoms with E-state index in [1.165, 1.54) is 0 Å². The van der Waals surface area contributed by atoms with Crippen LogP contribution in [0.2, 0.25) is 12.6 Å². The predicted octanol–water partition coefficient (Wildman–Crippen LogP) is 0.699. The van der Waals surface area contributed by atoms with Crippen molar-refractivity contribution in [3.63, 3.8) is 0 Å². The maximum absolute atomic E-state index is 9.01. The monoisotopic (exact) mass is 123 g/mol. The Balaban J connectivity index is 2.28. The van der Waals surface area contributed by atoms with E-state index in [1.54, 1.807) is 0 Å². The Morgan fingerprint density at radius 2 is 2.00 bits per heavy atom.